The summed E-state index contributed by atoms with van der Waals surface area (Å²) in [6.45, 7) is 2.04. The van der Waals surface area contributed by atoms with Gasteiger partial charge in [0.1, 0.15) is 0 Å². The highest BCUT2D eigenvalue weighted by atomic mass is 32.2. The molecule has 0 bridgehead atoms. The van der Waals surface area contributed by atoms with E-state index in [4.69, 9.17) is 0 Å². The first-order chi connectivity index (χ1) is 6.74. The number of rotatable bonds is 1. The maximum Gasteiger partial charge on any atom is 0.0536 e. The van der Waals surface area contributed by atoms with Crippen molar-refractivity contribution in [3.63, 3.8) is 0 Å². The summed E-state index contributed by atoms with van der Waals surface area (Å²) in [7, 11) is 1.17. The predicted octanol–water partition coefficient (Wildman–Crippen LogP) is 1.77. The highest BCUT2D eigenvalue weighted by Crippen LogP contribution is 2.31. The number of aryl methyl sites for hydroxylation is 1. The van der Waals surface area contributed by atoms with E-state index in [9.17, 15) is 4.21 Å². The zero-order valence-corrected chi connectivity index (χ0v) is 9.36. The molecular weight excluding hydrogens is 194 g/mol. The summed E-state index contributed by atoms with van der Waals surface area (Å²) in [5.41, 5.74) is 2.37. The summed E-state index contributed by atoms with van der Waals surface area (Å²) in [6.07, 6.45) is 0.972. The van der Waals surface area contributed by atoms with Gasteiger partial charge in [0, 0.05) is 16.7 Å². The van der Waals surface area contributed by atoms with E-state index in [1.807, 2.05) is 26.1 Å². The molecule has 1 aromatic rings. The van der Waals surface area contributed by atoms with Crippen LogP contribution in [-0.4, -0.2) is 17.0 Å². The SMILES string of the molecule is CNC1CCS(=O)c2c(C)cccc21. The Kier molecular flexibility index (Phi) is 2.70. The Morgan fingerprint density at radius 2 is 2.29 bits per heavy atom. The molecule has 2 atom stereocenters. The number of benzene rings is 1. The standard InChI is InChI=1S/C11H15NOS/c1-8-4-3-5-9-10(12-2)6-7-14(13)11(8)9/h3-5,10,12H,6-7H2,1-2H3. The van der Waals surface area contributed by atoms with Gasteiger partial charge in [-0.1, -0.05) is 18.2 Å². The first kappa shape index (κ1) is 9.87. The summed E-state index contributed by atoms with van der Waals surface area (Å²) in [5, 5.41) is 3.27. The third kappa shape index (κ3) is 1.51. The van der Waals surface area contributed by atoms with Crippen molar-refractivity contribution in [2.24, 2.45) is 0 Å². The molecule has 14 heavy (non-hydrogen) atoms. The largest absolute Gasteiger partial charge is 0.313 e. The molecule has 0 aromatic heterocycles. The fourth-order valence-electron chi connectivity index (χ4n) is 2.04. The highest BCUT2D eigenvalue weighted by molar-refractivity contribution is 7.85. The third-order valence-electron chi connectivity index (χ3n) is 2.79. The quantitative estimate of drug-likeness (QED) is 0.763. The van der Waals surface area contributed by atoms with E-state index in [-0.39, 0.29) is 0 Å². The Morgan fingerprint density at radius 1 is 1.50 bits per heavy atom. The molecule has 76 valence electrons. The normalized spacial score (nSPS) is 25.9. The van der Waals surface area contributed by atoms with Gasteiger partial charge < -0.3 is 5.32 Å². The summed E-state index contributed by atoms with van der Waals surface area (Å²) < 4.78 is 11.9. The minimum Gasteiger partial charge on any atom is -0.313 e. The summed E-state index contributed by atoms with van der Waals surface area (Å²) in [6, 6.07) is 6.54. The van der Waals surface area contributed by atoms with Gasteiger partial charge in [0.15, 0.2) is 0 Å². The van der Waals surface area contributed by atoms with Crippen LogP contribution in [0.25, 0.3) is 0 Å². The Bertz CT molecular complexity index is 376. The van der Waals surface area contributed by atoms with Crippen LogP contribution in [0.4, 0.5) is 0 Å². The highest BCUT2D eigenvalue weighted by Gasteiger charge is 2.24. The van der Waals surface area contributed by atoms with Crippen LogP contribution in [0.15, 0.2) is 23.1 Å². The molecule has 0 saturated carbocycles. The molecular formula is C11H15NOS. The van der Waals surface area contributed by atoms with Crippen molar-refractivity contribution in [2.75, 3.05) is 12.8 Å². The van der Waals surface area contributed by atoms with Gasteiger partial charge in [0.25, 0.3) is 0 Å². The lowest BCUT2D eigenvalue weighted by atomic mass is 10.0. The molecule has 1 aliphatic rings. The molecule has 1 N–H and O–H groups in total. The molecule has 2 nitrogen and oxygen atoms in total. The van der Waals surface area contributed by atoms with Crippen LogP contribution in [0.5, 0.6) is 0 Å². The predicted molar refractivity (Wildman–Crippen MR) is 58.9 cm³/mol. The average molecular weight is 209 g/mol. The van der Waals surface area contributed by atoms with Gasteiger partial charge in [-0.3, -0.25) is 4.21 Å². The van der Waals surface area contributed by atoms with E-state index in [0.717, 1.165) is 22.6 Å². The molecule has 0 saturated heterocycles. The van der Waals surface area contributed by atoms with Crippen LogP contribution in [0, 0.1) is 6.92 Å². The van der Waals surface area contributed by atoms with Gasteiger partial charge in [-0.05, 0) is 31.5 Å². The number of hydrogen-bond donors (Lipinski definition) is 1. The van der Waals surface area contributed by atoms with E-state index < -0.39 is 10.8 Å². The molecule has 1 aromatic carbocycles. The zero-order valence-electron chi connectivity index (χ0n) is 8.54. The van der Waals surface area contributed by atoms with Gasteiger partial charge in [0.05, 0.1) is 10.8 Å². The Morgan fingerprint density at radius 3 is 3.00 bits per heavy atom. The average Bonchev–Trinajstić information content (AvgIpc) is 2.18. The minimum atomic E-state index is -0.789. The van der Waals surface area contributed by atoms with Crippen LogP contribution in [0.3, 0.4) is 0 Å². The second-order valence-corrected chi connectivity index (χ2v) is 5.18. The number of fused-ring (bicyclic) bond motifs is 1. The molecule has 0 aliphatic carbocycles. The monoisotopic (exact) mass is 209 g/mol. The molecule has 2 rings (SSSR count). The molecule has 2 unspecified atom stereocenters. The Hall–Kier alpha value is -0.670. The Balaban J connectivity index is 2.56. The first-order valence-corrected chi connectivity index (χ1v) is 6.21. The van der Waals surface area contributed by atoms with Crippen LogP contribution in [-0.2, 0) is 10.8 Å². The summed E-state index contributed by atoms with van der Waals surface area (Å²) in [5.74, 6) is 0.781. The molecule has 0 amide bonds. The van der Waals surface area contributed by atoms with Crippen molar-refractivity contribution in [3.8, 4) is 0 Å². The van der Waals surface area contributed by atoms with Gasteiger partial charge in [0.2, 0.25) is 0 Å². The van der Waals surface area contributed by atoms with E-state index in [1.165, 1.54) is 5.56 Å². The number of hydrogen-bond acceptors (Lipinski definition) is 2. The maximum absolute atomic E-state index is 11.9. The summed E-state index contributed by atoms with van der Waals surface area (Å²) >= 11 is 0. The molecule has 1 heterocycles. The van der Waals surface area contributed by atoms with Crippen molar-refractivity contribution < 1.29 is 4.21 Å². The van der Waals surface area contributed by atoms with E-state index in [0.29, 0.717) is 6.04 Å². The first-order valence-electron chi connectivity index (χ1n) is 4.89. The van der Waals surface area contributed by atoms with Gasteiger partial charge in [-0.15, -0.1) is 0 Å². The van der Waals surface area contributed by atoms with E-state index >= 15 is 0 Å². The van der Waals surface area contributed by atoms with Crippen molar-refractivity contribution in [1.29, 1.82) is 0 Å². The fourth-order valence-corrected chi connectivity index (χ4v) is 3.60. The minimum absolute atomic E-state index is 0.377. The van der Waals surface area contributed by atoms with Crippen molar-refractivity contribution in [1.82, 2.24) is 5.32 Å². The molecule has 0 fully saturated rings. The van der Waals surface area contributed by atoms with Crippen molar-refractivity contribution in [3.05, 3.63) is 29.3 Å². The van der Waals surface area contributed by atoms with E-state index in [2.05, 4.69) is 11.4 Å². The van der Waals surface area contributed by atoms with Gasteiger partial charge in [-0.2, -0.15) is 0 Å². The molecule has 0 radical (unpaired) electrons. The Labute approximate surface area is 87.2 Å². The van der Waals surface area contributed by atoms with Crippen LogP contribution in [0.1, 0.15) is 23.6 Å². The van der Waals surface area contributed by atoms with Crippen LogP contribution >= 0.6 is 0 Å². The van der Waals surface area contributed by atoms with Crippen LogP contribution in [0.2, 0.25) is 0 Å². The maximum atomic E-state index is 11.9. The lowest BCUT2D eigenvalue weighted by Gasteiger charge is -2.25. The lowest BCUT2D eigenvalue weighted by Crippen LogP contribution is -2.25. The summed E-state index contributed by atoms with van der Waals surface area (Å²) in [4.78, 5) is 1.05. The van der Waals surface area contributed by atoms with Gasteiger partial charge >= 0.3 is 0 Å². The van der Waals surface area contributed by atoms with Crippen LogP contribution < -0.4 is 5.32 Å². The molecule has 3 heteroatoms. The lowest BCUT2D eigenvalue weighted by molar-refractivity contribution is 0.553. The molecule has 1 aliphatic heterocycles. The van der Waals surface area contributed by atoms with Gasteiger partial charge in [-0.25, -0.2) is 0 Å². The zero-order chi connectivity index (χ0) is 10.1. The molecule has 0 spiro atoms. The third-order valence-corrected chi connectivity index (χ3v) is 4.41. The topological polar surface area (TPSA) is 29.1 Å². The number of nitrogens with one attached hydrogen (secondary N) is 1. The van der Waals surface area contributed by atoms with Crippen molar-refractivity contribution >= 4 is 10.8 Å². The van der Waals surface area contributed by atoms with E-state index in [1.54, 1.807) is 0 Å². The fraction of sp³-hybridized carbons (Fsp3) is 0.455. The van der Waals surface area contributed by atoms with Crippen molar-refractivity contribution in [2.45, 2.75) is 24.3 Å². The second kappa shape index (κ2) is 3.83. The smallest absolute Gasteiger partial charge is 0.0536 e. The second-order valence-electron chi connectivity index (χ2n) is 3.67.